The number of aliphatic carboxylic acids is 1. The fourth-order valence-electron chi connectivity index (χ4n) is 4.53. The molecule has 2 amide bonds. The third-order valence-electron chi connectivity index (χ3n) is 6.53. The second-order valence-electron chi connectivity index (χ2n) is 8.55. The molecule has 1 unspecified atom stereocenters. The Hall–Kier alpha value is -2.44. The SMILES string of the molecule is Cc1ccc(C(=O)N2CCC3(CC2)CC(C(=O)O)N(C(=O)C2CC2)C3)cc1F. The number of carboxylic acid groups (broad SMARTS) is 1. The monoisotopic (exact) mass is 388 g/mol. The van der Waals surface area contributed by atoms with Gasteiger partial charge < -0.3 is 14.9 Å². The zero-order valence-corrected chi connectivity index (χ0v) is 16.0. The molecule has 1 N–H and O–H groups in total. The fourth-order valence-corrected chi connectivity index (χ4v) is 4.53. The molecule has 0 aromatic heterocycles. The molecule has 1 spiro atoms. The average molecular weight is 388 g/mol. The Morgan fingerprint density at radius 2 is 1.86 bits per heavy atom. The van der Waals surface area contributed by atoms with Crippen molar-refractivity contribution in [1.29, 1.82) is 0 Å². The number of piperidine rings is 1. The summed E-state index contributed by atoms with van der Waals surface area (Å²) in [5.41, 5.74) is 0.586. The Labute approximate surface area is 163 Å². The minimum absolute atomic E-state index is 0.00454. The van der Waals surface area contributed by atoms with Crippen LogP contribution in [0.5, 0.6) is 0 Å². The van der Waals surface area contributed by atoms with Crippen molar-refractivity contribution in [2.75, 3.05) is 19.6 Å². The standard InChI is InChI=1S/C21H25FN2O4/c1-13-2-3-15(10-16(13)22)18(25)23-8-6-21(7-9-23)11-17(20(27)28)24(12-21)19(26)14-4-5-14/h2-3,10,14,17H,4-9,11-12H2,1H3,(H,27,28). The molecule has 1 saturated carbocycles. The van der Waals surface area contributed by atoms with Crippen LogP contribution in [0.2, 0.25) is 0 Å². The minimum Gasteiger partial charge on any atom is -0.480 e. The van der Waals surface area contributed by atoms with Crippen LogP contribution in [0, 0.1) is 24.1 Å². The van der Waals surface area contributed by atoms with E-state index in [4.69, 9.17) is 0 Å². The summed E-state index contributed by atoms with van der Waals surface area (Å²) in [6.45, 7) is 3.10. The number of aryl methyl sites for hydroxylation is 1. The Morgan fingerprint density at radius 1 is 1.18 bits per heavy atom. The molecule has 1 aromatic rings. The molecule has 7 heteroatoms. The van der Waals surface area contributed by atoms with Crippen LogP contribution in [-0.4, -0.2) is 58.4 Å². The number of carbonyl (C=O) groups is 3. The van der Waals surface area contributed by atoms with Crippen LogP contribution in [-0.2, 0) is 9.59 Å². The van der Waals surface area contributed by atoms with Crippen molar-refractivity contribution in [3.05, 3.63) is 35.1 Å². The minimum atomic E-state index is -0.945. The Morgan fingerprint density at radius 3 is 2.43 bits per heavy atom. The van der Waals surface area contributed by atoms with E-state index in [1.165, 1.54) is 6.07 Å². The van der Waals surface area contributed by atoms with E-state index in [-0.39, 0.29) is 23.1 Å². The second kappa shape index (κ2) is 6.87. The van der Waals surface area contributed by atoms with Crippen molar-refractivity contribution in [3.8, 4) is 0 Å². The van der Waals surface area contributed by atoms with Crippen LogP contribution in [0.1, 0.15) is 48.0 Å². The van der Waals surface area contributed by atoms with Crippen molar-refractivity contribution in [1.82, 2.24) is 9.80 Å². The zero-order valence-electron chi connectivity index (χ0n) is 16.0. The number of benzene rings is 1. The van der Waals surface area contributed by atoms with E-state index >= 15 is 0 Å². The molecule has 6 nitrogen and oxygen atoms in total. The van der Waals surface area contributed by atoms with Gasteiger partial charge in [0.15, 0.2) is 0 Å². The lowest BCUT2D eigenvalue weighted by Gasteiger charge is -2.39. The number of nitrogens with zero attached hydrogens (tertiary/aromatic N) is 2. The van der Waals surface area contributed by atoms with Gasteiger partial charge in [-0.15, -0.1) is 0 Å². The van der Waals surface area contributed by atoms with Gasteiger partial charge in [0.05, 0.1) is 0 Å². The van der Waals surface area contributed by atoms with Crippen molar-refractivity contribution in [2.45, 2.75) is 45.1 Å². The van der Waals surface area contributed by atoms with Gasteiger partial charge in [0.2, 0.25) is 5.91 Å². The van der Waals surface area contributed by atoms with E-state index < -0.39 is 17.8 Å². The smallest absolute Gasteiger partial charge is 0.326 e. The highest BCUT2D eigenvalue weighted by Crippen LogP contribution is 2.45. The molecule has 0 bridgehead atoms. The van der Waals surface area contributed by atoms with E-state index in [2.05, 4.69) is 0 Å². The first kappa shape index (κ1) is 18.9. The lowest BCUT2D eigenvalue weighted by Crippen LogP contribution is -2.45. The molecule has 28 heavy (non-hydrogen) atoms. The first-order valence-electron chi connectivity index (χ1n) is 9.88. The highest BCUT2D eigenvalue weighted by molar-refractivity contribution is 5.94. The predicted octanol–water partition coefficient (Wildman–Crippen LogP) is 2.45. The van der Waals surface area contributed by atoms with Gasteiger partial charge in [-0.2, -0.15) is 0 Å². The summed E-state index contributed by atoms with van der Waals surface area (Å²) >= 11 is 0. The molecule has 1 aromatic carbocycles. The number of carbonyl (C=O) groups excluding carboxylic acids is 2. The number of hydrogen-bond acceptors (Lipinski definition) is 3. The van der Waals surface area contributed by atoms with Crippen molar-refractivity contribution in [3.63, 3.8) is 0 Å². The molecular weight excluding hydrogens is 363 g/mol. The van der Waals surface area contributed by atoms with E-state index in [1.807, 2.05) is 0 Å². The molecule has 2 saturated heterocycles. The number of hydrogen-bond donors (Lipinski definition) is 1. The molecule has 3 fully saturated rings. The molecule has 2 heterocycles. The number of carboxylic acids is 1. The van der Waals surface area contributed by atoms with Gasteiger partial charge in [0.25, 0.3) is 5.91 Å². The number of likely N-dealkylation sites (tertiary alicyclic amines) is 2. The summed E-state index contributed by atoms with van der Waals surface area (Å²) in [7, 11) is 0. The first-order valence-corrected chi connectivity index (χ1v) is 9.88. The summed E-state index contributed by atoms with van der Waals surface area (Å²) in [4.78, 5) is 40.2. The molecule has 3 aliphatic rings. The Bertz CT molecular complexity index is 828. The maximum atomic E-state index is 13.8. The van der Waals surface area contributed by atoms with Crippen LogP contribution >= 0.6 is 0 Å². The summed E-state index contributed by atoms with van der Waals surface area (Å²) in [5, 5.41) is 9.59. The highest BCUT2D eigenvalue weighted by Gasteiger charge is 2.52. The number of halogens is 1. The maximum absolute atomic E-state index is 13.8. The number of rotatable bonds is 3. The quantitative estimate of drug-likeness (QED) is 0.863. The summed E-state index contributed by atoms with van der Waals surface area (Å²) in [5.74, 6) is -1.58. The number of amides is 2. The fraction of sp³-hybridized carbons (Fsp3) is 0.571. The Kier molecular flexibility index (Phi) is 4.63. The molecule has 1 aliphatic carbocycles. The summed E-state index contributed by atoms with van der Waals surface area (Å²) < 4.78 is 13.8. The van der Waals surface area contributed by atoms with Gasteiger partial charge in [-0.1, -0.05) is 6.07 Å². The van der Waals surface area contributed by atoms with Crippen molar-refractivity contribution < 1.29 is 23.9 Å². The van der Waals surface area contributed by atoms with Gasteiger partial charge >= 0.3 is 5.97 Å². The average Bonchev–Trinajstić information content (AvgIpc) is 3.46. The van der Waals surface area contributed by atoms with E-state index in [0.717, 1.165) is 12.8 Å². The lowest BCUT2D eigenvalue weighted by molar-refractivity contribution is -0.148. The second-order valence-corrected chi connectivity index (χ2v) is 8.55. The Balaban J connectivity index is 1.44. The summed E-state index contributed by atoms with van der Waals surface area (Å²) in [6.07, 6.45) is 3.47. The van der Waals surface area contributed by atoms with Crippen LogP contribution < -0.4 is 0 Å². The van der Waals surface area contributed by atoms with Crippen molar-refractivity contribution >= 4 is 17.8 Å². The topological polar surface area (TPSA) is 77.9 Å². The van der Waals surface area contributed by atoms with Crippen LogP contribution in [0.15, 0.2) is 18.2 Å². The van der Waals surface area contributed by atoms with E-state index in [9.17, 15) is 23.9 Å². The first-order chi connectivity index (χ1) is 13.3. The molecule has 0 radical (unpaired) electrons. The van der Waals surface area contributed by atoms with Gasteiger partial charge in [0, 0.05) is 31.1 Å². The van der Waals surface area contributed by atoms with E-state index in [0.29, 0.717) is 50.0 Å². The highest BCUT2D eigenvalue weighted by atomic mass is 19.1. The molecule has 1 atom stereocenters. The largest absolute Gasteiger partial charge is 0.480 e. The molecule has 4 rings (SSSR count). The predicted molar refractivity (Wildman–Crippen MR) is 99.2 cm³/mol. The van der Waals surface area contributed by atoms with Crippen molar-refractivity contribution in [2.24, 2.45) is 11.3 Å². The molecule has 2 aliphatic heterocycles. The van der Waals surface area contributed by atoms with Crippen LogP contribution in [0.25, 0.3) is 0 Å². The van der Waals surface area contributed by atoms with Crippen LogP contribution in [0.4, 0.5) is 4.39 Å². The van der Waals surface area contributed by atoms with E-state index in [1.54, 1.807) is 28.9 Å². The summed E-state index contributed by atoms with van der Waals surface area (Å²) in [6, 6.07) is 3.75. The zero-order chi connectivity index (χ0) is 20.1. The third-order valence-corrected chi connectivity index (χ3v) is 6.53. The third kappa shape index (κ3) is 3.38. The lowest BCUT2D eigenvalue weighted by atomic mass is 9.76. The van der Waals surface area contributed by atoms with Crippen LogP contribution in [0.3, 0.4) is 0 Å². The maximum Gasteiger partial charge on any atom is 0.326 e. The normalized spacial score (nSPS) is 23.9. The van der Waals surface area contributed by atoms with Gasteiger partial charge in [-0.05, 0) is 62.1 Å². The molecular formula is C21H25FN2O4. The van der Waals surface area contributed by atoms with Gasteiger partial charge in [0.1, 0.15) is 11.9 Å². The molecule has 150 valence electrons. The van der Waals surface area contributed by atoms with Gasteiger partial charge in [-0.3, -0.25) is 9.59 Å². The van der Waals surface area contributed by atoms with Gasteiger partial charge in [-0.25, -0.2) is 9.18 Å².